The Kier molecular flexibility index (Phi) is 26.7. The average Bonchev–Trinajstić information content (AvgIpc) is 3.91. The maximum atomic E-state index is 13.2. The lowest BCUT2D eigenvalue weighted by molar-refractivity contribution is -0.136. The maximum absolute atomic E-state index is 13.2. The topological polar surface area (TPSA) is 234 Å². The summed E-state index contributed by atoms with van der Waals surface area (Å²) in [5.74, 6) is -2.71. The van der Waals surface area contributed by atoms with E-state index in [0.717, 1.165) is 17.7 Å². The van der Waals surface area contributed by atoms with Crippen molar-refractivity contribution in [3.63, 3.8) is 0 Å². The molecule has 1 saturated heterocycles. The summed E-state index contributed by atoms with van der Waals surface area (Å²) >= 11 is 0. The van der Waals surface area contributed by atoms with Crippen molar-refractivity contribution in [2.75, 3.05) is 158 Å². The van der Waals surface area contributed by atoms with Gasteiger partial charge in [-0.1, -0.05) is 61.0 Å². The summed E-state index contributed by atoms with van der Waals surface area (Å²) in [6, 6.07) is 20.0. The number of likely N-dealkylation sites (N-methyl/N-ethyl adjacent to an activating group) is 1. The number of rotatable bonds is 40. The van der Waals surface area contributed by atoms with E-state index in [9.17, 15) is 28.8 Å². The standard InChI is InChI=1S/C55H74N4O17/c1-58(55(65)76-40-46-43-12-6-4-10-41(43)42-11-5-7-13-44(42)46)19-21-67-23-25-69-27-29-71-31-33-73-35-37-75-39-38-74-36-34-72-32-30-70-28-26-68-24-22-66-20-8-2-3-16-49(60)56-47-15-9-14-45-51(47)54(64)59(53(45)63)48-17-18-50(61)57-52(48)62/h4-7,9-15,46,48H,2-3,8,16-40H2,1H3,(H,56,60)(H,57,61,62). The number of piperidine rings is 1. The molecule has 0 bridgehead atoms. The van der Waals surface area contributed by atoms with E-state index in [2.05, 4.69) is 34.9 Å². The van der Waals surface area contributed by atoms with Crippen molar-refractivity contribution in [1.29, 1.82) is 0 Å². The Morgan fingerprint density at radius 3 is 1.51 bits per heavy atom. The van der Waals surface area contributed by atoms with Crippen LogP contribution in [0, 0.1) is 0 Å². The zero-order chi connectivity index (χ0) is 53.6. The molecule has 0 aromatic heterocycles. The van der Waals surface area contributed by atoms with Crippen molar-refractivity contribution in [3.8, 4) is 11.1 Å². The van der Waals surface area contributed by atoms with Gasteiger partial charge in [0.1, 0.15) is 12.6 Å². The molecule has 3 aliphatic rings. The minimum absolute atomic E-state index is 0.0234. The molecule has 0 saturated carbocycles. The molecule has 6 amide bonds. The summed E-state index contributed by atoms with van der Waals surface area (Å²) < 4.78 is 61.2. The first kappa shape index (κ1) is 59.5. The second-order valence-corrected chi connectivity index (χ2v) is 17.9. The highest BCUT2D eigenvalue weighted by molar-refractivity contribution is 6.26. The number of nitrogens with one attached hydrogen (secondary N) is 2. The first-order chi connectivity index (χ1) is 37.2. The second kappa shape index (κ2) is 34.1. The van der Waals surface area contributed by atoms with Crippen molar-refractivity contribution >= 4 is 41.3 Å². The van der Waals surface area contributed by atoms with Gasteiger partial charge in [0.15, 0.2) is 0 Å². The van der Waals surface area contributed by atoms with Crippen LogP contribution in [0.25, 0.3) is 11.1 Å². The smallest absolute Gasteiger partial charge is 0.409 e. The molecular weight excluding hydrogens is 989 g/mol. The van der Waals surface area contributed by atoms with Crippen LogP contribution in [0.3, 0.4) is 0 Å². The Hall–Kier alpha value is -5.72. The zero-order valence-electron chi connectivity index (χ0n) is 43.6. The third kappa shape index (κ3) is 19.4. The lowest BCUT2D eigenvalue weighted by Gasteiger charge is -2.27. The van der Waals surface area contributed by atoms with Gasteiger partial charge >= 0.3 is 6.09 Å². The molecule has 0 radical (unpaired) electrons. The Labute approximate surface area is 444 Å². The summed E-state index contributed by atoms with van der Waals surface area (Å²) in [4.78, 5) is 77.9. The first-order valence-corrected chi connectivity index (χ1v) is 26.2. The molecule has 1 fully saturated rings. The molecule has 2 N–H and O–H groups in total. The Balaban J connectivity index is 0.608. The predicted octanol–water partition coefficient (Wildman–Crippen LogP) is 4.63. The number of fused-ring (bicyclic) bond motifs is 4. The van der Waals surface area contributed by atoms with Crippen LogP contribution in [-0.4, -0.2) is 204 Å². The van der Waals surface area contributed by atoms with Gasteiger partial charge in [0.2, 0.25) is 17.7 Å². The van der Waals surface area contributed by atoms with Gasteiger partial charge in [-0.3, -0.25) is 34.2 Å². The van der Waals surface area contributed by atoms with Crippen molar-refractivity contribution in [2.24, 2.45) is 0 Å². The molecule has 416 valence electrons. The predicted molar refractivity (Wildman–Crippen MR) is 276 cm³/mol. The molecule has 1 unspecified atom stereocenters. The lowest BCUT2D eigenvalue weighted by Crippen LogP contribution is -2.54. The summed E-state index contributed by atoms with van der Waals surface area (Å²) in [6.07, 6.45) is 2.03. The highest BCUT2D eigenvalue weighted by Gasteiger charge is 2.45. The number of unbranched alkanes of at least 4 members (excludes halogenated alkanes) is 2. The van der Waals surface area contributed by atoms with E-state index >= 15 is 0 Å². The van der Waals surface area contributed by atoms with E-state index in [1.165, 1.54) is 33.2 Å². The molecule has 76 heavy (non-hydrogen) atoms. The highest BCUT2D eigenvalue weighted by Crippen LogP contribution is 2.44. The van der Waals surface area contributed by atoms with E-state index < -0.39 is 29.7 Å². The monoisotopic (exact) mass is 1060 g/mol. The lowest BCUT2D eigenvalue weighted by atomic mass is 9.98. The number of amides is 6. The number of anilines is 1. The molecule has 0 spiro atoms. The van der Waals surface area contributed by atoms with Crippen LogP contribution < -0.4 is 10.6 Å². The number of carbonyl (C=O) groups is 6. The SMILES string of the molecule is CN(CCOCCOCCOCCOCCOCCOCCOCCOCCOCCOCCCCCC(=O)Nc1cccc2c1C(=O)N(C1CCC(=O)NC1=O)C2=O)C(=O)OCC1c2ccccc2-c2ccccc21. The summed E-state index contributed by atoms with van der Waals surface area (Å²) in [6.45, 7) is 9.61. The fourth-order valence-corrected chi connectivity index (χ4v) is 8.58. The summed E-state index contributed by atoms with van der Waals surface area (Å²) in [5.41, 5.74) is 5.12. The van der Waals surface area contributed by atoms with Crippen LogP contribution in [0.15, 0.2) is 66.7 Å². The van der Waals surface area contributed by atoms with Crippen molar-refractivity contribution < 1.29 is 80.9 Å². The van der Waals surface area contributed by atoms with Crippen LogP contribution in [0.4, 0.5) is 10.5 Å². The van der Waals surface area contributed by atoms with Crippen LogP contribution in [0.1, 0.15) is 76.3 Å². The van der Waals surface area contributed by atoms with Crippen LogP contribution in [-0.2, 0) is 66.5 Å². The van der Waals surface area contributed by atoms with E-state index in [1.54, 1.807) is 19.2 Å². The van der Waals surface area contributed by atoms with Gasteiger partial charge in [-0.2, -0.15) is 0 Å². The zero-order valence-corrected chi connectivity index (χ0v) is 43.6. The molecule has 1 atom stereocenters. The van der Waals surface area contributed by atoms with E-state index in [-0.39, 0.29) is 60.6 Å². The van der Waals surface area contributed by atoms with Gasteiger partial charge in [-0.05, 0) is 53.6 Å². The van der Waals surface area contributed by atoms with Crippen LogP contribution in [0.5, 0.6) is 0 Å². The van der Waals surface area contributed by atoms with Crippen LogP contribution >= 0.6 is 0 Å². The van der Waals surface area contributed by atoms with Crippen molar-refractivity contribution in [2.45, 2.75) is 50.5 Å². The minimum Gasteiger partial charge on any atom is -0.448 e. The fraction of sp³-hybridized carbons (Fsp3) is 0.564. The second-order valence-electron chi connectivity index (χ2n) is 17.9. The van der Waals surface area contributed by atoms with E-state index in [0.29, 0.717) is 145 Å². The maximum Gasteiger partial charge on any atom is 0.409 e. The molecule has 3 aromatic carbocycles. The molecule has 2 heterocycles. The third-order valence-electron chi connectivity index (χ3n) is 12.5. The Bertz CT molecular complexity index is 2250. The number of carbonyl (C=O) groups excluding carboxylic acids is 6. The number of benzene rings is 3. The molecule has 21 nitrogen and oxygen atoms in total. The van der Waals surface area contributed by atoms with Gasteiger partial charge in [0.05, 0.1) is 142 Å². The molecule has 6 rings (SSSR count). The van der Waals surface area contributed by atoms with Gasteiger partial charge in [0, 0.05) is 39.0 Å². The van der Waals surface area contributed by atoms with Crippen molar-refractivity contribution in [3.05, 3.63) is 89.0 Å². The molecular formula is C55H74N4O17. The molecule has 21 heteroatoms. The quantitative estimate of drug-likeness (QED) is 0.0584. The Morgan fingerprint density at radius 1 is 0.553 bits per heavy atom. The van der Waals surface area contributed by atoms with E-state index in [4.69, 9.17) is 52.1 Å². The van der Waals surface area contributed by atoms with Gasteiger partial charge < -0.3 is 62.3 Å². The fourth-order valence-electron chi connectivity index (χ4n) is 8.58. The van der Waals surface area contributed by atoms with Crippen LogP contribution in [0.2, 0.25) is 0 Å². The van der Waals surface area contributed by atoms with Gasteiger partial charge in [-0.15, -0.1) is 0 Å². The summed E-state index contributed by atoms with van der Waals surface area (Å²) in [5, 5.41) is 4.91. The van der Waals surface area contributed by atoms with Gasteiger partial charge in [0.25, 0.3) is 11.8 Å². The van der Waals surface area contributed by atoms with Gasteiger partial charge in [-0.25, -0.2) is 4.79 Å². The first-order valence-electron chi connectivity index (χ1n) is 26.2. The summed E-state index contributed by atoms with van der Waals surface area (Å²) in [7, 11) is 1.71. The van der Waals surface area contributed by atoms with E-state index in [1.807, 2.05) is 24.3 Å². The highest BCUT2D eigenvalue weighted by atomic mass is 16.6. The number of ether oxygens (including phenoxy) is 11. The molecule has 2 aliphatic heterocycles. The normalized spacial score (nSPS) is 15.0. The Morgan fingerprint density at radius 2 is 1.01 bits per heavy atom. The molecule has 3 aromatic rings. The van der Waals surface area contributed by atoms with Crippen molar-refractivity contribution in [1.82, 2.24) is 15.1 Å². The number of hydrogen-bond donors (Lipinski definition) is 2. The molecule has 1 aliphatic carbocycles. The number of imide groups is 2. The number of hydrogen-bond acceptors (Lipinski definition) is 17. The average molecular weight is 1060 g/mol. The number of nitrogens with zero attached hydrogens (tertiary/aromatic N) is 2. The minimum atomic E-state index is -1.08. The largest absolute Gasteiger partial charge is 0.448 e. The third-order valence-corrected chi connectivity index (χ3v) is 12.5.